The third-order valence-electron chi connectivity index (χ3n) is 15.5. The van der Waals surface area contributed by atoms with E-state index in [4.69, 9.17) is 9.47 Å². The molecule has 10 rings (SSSR count). The molecule has 64 heavy (non-hydrogen) atoms. The van der Waals surface area contributed by atoms with E-state index in [-0.39, 0.29) is 62.5 Å². The van der Waals surface area contributed by atoms with E-state index in [0.717, 1.165) is 12.1 Å². The summed E-state index contributed by atoms with van der Waals surface area (Å²) in [5, 5.41) is 24.6. The van der Waals surface area contributed by atoms with Gasteiger partial charge in [-0.25, -0.2) is 9.59 Å². The summed E-state index contributed by atoms with van der Waals surface area (Å²) in [4.78, 5) is 56.4. The number of aliphatic hydroxyl groups is 2. The second-order valence-electron chi connectivity index (χ2n) is 18.2. The van der Waals surface area contributed by atoms with Gasteiger partial charge in [-0.2, -0.15) is 35.1 Å². The number of alkyl halides is 8. The van der Waals surface area contributed by atoms with Crippen LogP contribution in [0, 0.1) is 0 Å². The number of rotatable bonds is 11. The Kier molecular flexibility index (Phi) is 8.97. The largest absolute Gasteiger partial charge is 0.477 e. The Morgan fingerprint density at radius 3 is 1.41 bits per heavy atom. The molecular weight excluding hydrogens is 868 g/mol. The second kappa shape index (κ2) is 13.3. The maximum atomic E-state index is 15.5. The number of halogens is 8. The minimum absolute atomic E-state index is 0.0379. The van der Waals surface area contributed by atoms with Crippen LogP contribution < -0.4 is 18.9 Å². The molecule has 2 aromatic rings. The molecule has 342 valence electrons. The topological polar surface area (TPSA) is 152 Å². The van der Waals surface area contributed by atoms with Crippen molar-refractivity contribution < 1.29 is 83.5 Å². The zero-order valence-electron chi connectivity index (χ0n) is 33.8. The van der Waals surface area contributed by atoms with Crippen molar-refractivity contribution in [3.05, 3.63) is 71.8 Å². The third-order valence-corrected chi connectivity index (χ3v) is 15.5. The lowest BCUT2D eigenvalue weighted by Gasteiger charge is -2.62. The van der Waals surface area contributed by atoms with Gasteiger partial charge in [0.2, 0.25) is 0 Å². The van der Waals surface area contributed by atoms with Gasteiger partial charge in [0.1, 0.15) is 0 Å². The Morgan fingerprint density at radius 2 is 1.05 bits per heavy atom. The number of carbonyl (C=O) groups excluding carboxylic acids is 4. The first-order valence-electron chi connectivity index (χ1n) is 20.8. The van der Waals surface area contributed by atoms with E-state index in [1.54, 1.807) is 12.2 Å². The first-order valence-corrected chi connectivity index (χ1v) is 20.8. The predicted molar refractivity (Wildman–Crippen MR) is 202 cm³/mol. The van der Waals surface area contributed by atoms with Crippen LogP contribution in [0.2, 0.25) is 0 Å². The number of hydrogen-bond acceptors (Lipinski definition) is 12. The summed E-state index contributed by atoms with van der Waals surface area (Å²) < 4.78 is 145. The number of benzene rings is 2. The van der Waals surface area contributed by atoms with Crippen molar-refractivity contribution >= 4 is 23.5 Å². The fraction of sp³-hybridized carbons (Fsp3) is 0.545. The molecule has 20 heteroatoms. The van der Waals surface area contributed by atoms with Crippen LogP contribution in [-0.2, 0) is 42.8 Å². The molecule has 2 saturated heterocycles. The van der Waals surface area contributed by atoms with Gasteiger partial charge in [0.25, 0.3) is 0 Å². The molecule has 2 aromatic carbocycles. The number of esters is 2. The molecule has 4 aliphatic carbocycles. The van der Waals surface area contributed by atoms with E-state index in [2.05, 4.69) is 22.6 Å². The summed E-state index contributed by atoms with van der Waals surface area (Å²) in [6, 6.07) is 3.00. The molecule has 2 N–H and O–H groups in total. The molecule has 0 unspecified atom stereocenters. The Morgan fingerprint density at radius 1 is 0.672 bits per heavy atom. The molecular formula is C44H40F8N2O10. The van der Waals surface area contributed by atoms with Crippen LogP contribution in [0.1, 0.15) is 60.8 Å². The summed E-state index contributed by atoms with van der Waals surface area (Å²) in [6.45, 7) is 8.80. The van der Waals surface area contributed by atoms with Gasteiger partial charge in [0.05, 0.1) is 22.0 Å². The third kappa shape index (κ3) is 4.87. The minimum atomic E-state index is -7.35. The van der Waals surface area contributed by atoms with Crippen LogP contribution in [0.15, 0.2) is 49.6 Å². The highest BCUT2D eigenvalue weighted by Gasteiger charge is 2.86. The summed E-state index contributed by atoms with van der Waals surface area (Å²) >= 11 is 0. The number of likely N-dealkylation sites (tertiary alicyclic amines) is 2. The van der Waals surface area contributed by atoms with Gasteiger partial charge in [-0.1, -0.05) is 24.3 Å². The first kappa shape index (κ1) is 43.0. The quantitative estimate of drug-likeness (QED) is 0.141. The van der Waals surface area contributed by atoms with Crippen LogP contribution in [0.25, 0.3) is 0 Å². The molecule has 0 amide bonds. The SMILES string of the molecule is C=CCN1CC[C@]23c4c5ccc(OC(=O)C(F)(F)C(F)(F)C(F)(F)C(F)(F)C(=O)Oc6ccc7c8c6O[C@H]6C(=O)CC[C@@]9(O)[C@@H](C7)N(CC=C)CC[C@]869)c4O[C@H]2C(=O)CC[C@@]3(O)[C@H]1C5. The first-order chi connectivity index (χ1) is 30.0. The molecule has 2 saturated carbocycles. The van der Waals surface area contributed by atoms with Crippen LogP contribution >= 0.6 is 0 Å². The van der Waals surface area contributed by atoms with E-state index >= 15 is 35.1 Å². The summed E-state index contributed by atoms with van der Waals surface area (Å²) in [6.07, 6.45) is 0.346. The van der Waals surface area contributed by atoms with E-state index in [9.17, 15) is 29.4 Å². The normalized spacial score (nSPS) is 33.7. The van der Waals surface area contributed by atoms with Crippen molar-refractivity contribution in [2.45, 2.75) is 121 Å². The molecule has 4 bridgehead atoms. The van der Waals surface area contributed by atoms with Crippen molar-refractivity contribution in [1.82, 2.24) is 9.80 Å². The van der Waals surface area contributed by atoms with Gasteiger partial charge in [0.15, 0.2) is 46.8 Å². The number of carbonyl (C=O) groups is 4. The molecule has 8 atom stereocenters. The van der Waals surface area contributed by atoms with E-state index in [1.807, 2.05) is 9.80 Å². The Bertz CT molecular complexity index is 2320. The lowest BCUT2D eigenvalue weighted by Crippen LogP contribution is -2.76. The highest BCUT2D eigenvalue weighted by atomic mass is 19.4. The molecule has 4 heterocycles. The lowest BCUT2D eigenvalue weighted by atomic mass is 9.49. The number of Topliss-reactive ketones (excluding diaryl/α,β-unsaturated/α-hetero) is 2. The number of nitrogens with zero attached hydrogens (tertiary/aromatic N) is 2. The molecule has 4 fully saturated rings. The number of piperidine rings is 2. The second-order valence-corrected chi connectivity index (χ2v) is 18.2. The number of ketones is 2. The molecule has 4 aliphatic heterocycles. The molecule has 2 spiro atoms. The highest BCUT2D eigenvalue weighted by molar-refractivity contribution is 5.92. The van der Waals surface area contributed by atoms with Gasteiger partial charge in [-0.05, 0) is 61.8 Å². The monoisotopic (exact) mass is 908 g/mol. The maximum absolute atomic E-state index is 15.5. The number of hydrogen-bond donors (Lipinski definition) is 2. The smallest absolute Gasteiger partial charge is 0.411 e. The van der Waals surface area contributed by atoms with Crippen LogP contribution in [0.4, 0.5) is 35.1 Å². The molecule has 8 aliphatic rings. The van der Waals surface area contributed by atoms with Gasteiger partial charge in [-0.3, -0.25) is 19.4 Å². The molecule has 12 nitrogen and oxygen atoms in total. The fourth-order valence-corrected chi connectivity index (χ4v) is 12.7. The Labute approximate surface area is 358 Å². The molecule has 0 radical (unpaired) electrons. The van der Waals surface area contributed by atoms with Crippen molar-refractivity contribution in [1.29, 1.82) is 0 Å². The maximum Gasteiger partial charge on any atom is 0.411 e. The lowest BCUT2D eigenvalue weighted by molar-refractivity contribution is -0.352. The van der Waals surface area contributed by atoms with Gasteiger partial charge >= 0.3 is 35.6 Å². The predicted octanol–water partition coefficient (Wildman–Crippen LogP) is 4.56. The highest BCUT2D eigenvalue weighted by Crippen LogP contribution is 2.67. The summed E-state index contributed by atoms with van der Waals surface area (Å²) in [5.41, 5.74) is -5.27. The van der Waals surface area contributed by atoms with Crippen LogP contribution in [-0.4, -0.2) is 129 Å². The average molecular weight is 909 g/mol. The van der Waals surface area contributed by atoms with Crippen molar-refractivity contribution in [3.8, 4) is 23.0 Å². The van der Waals surface area contributed by atoms with E-state index in [1.165, 1.54) is 12.1 Å². The van der Waals surface area contributed by atoms with Gasteiger partial charge in [0, 0.05) is 62.2 Å². The Balaban J connectivity index is 0.933. The van der Waals surface area contributed by atoms with Crippen LogP contribution in [0.5, 0.6) is 23.0 Å². The standard InChI is InChI=1S/C44H40F8N2O10/c1-3-15-53-17-13-37-29-21-5-7-25(31(29)63-33(37)23(55)9-11-39(37,59)27(53)19-21)61-35(57)41(45,46)43(49,50)44(51,52)42(47,48)36(58)62-26-8-6-22-20-28-40(60)12-10-24(56)34-38(40,30(22)32(26)64-34)14-18-54(28)16-4-2/h3-8,27-28,33-34,59-60H,1-2,9-20H2/t27-,28-,33+,34+,37+,38+,39-,40-/m1/s1. The fourth-order valence-electron chi connectivity index (χ4n) is 12.7. The van der Waals surface area contributed by atoms with E-state index < -0.39 is 117 Å². The van der Waals surface area contributed by atoms with Crippen LogP contribution in [0.3, 0.4) is 0 Å². The summed E-state index contributed by atoms with van der Waals surface area (Å²) in [7, 11) is 0. The average Bonchev–Trinajstić information content (AvgIpc) is 3.79. The van der Waals surface area contributed by atoms with E-state index in [0.29, 0.717) is 37.3 Å². The minimum Gasteiger partial charge on any atom is -0.477 e. The zero-order chi connectivity index (χ0) is 45.9. The van der Waals surface area contributed by atoms with Crippen molar-refractivity contribution in [3.63, 3.8) is 0 Å². The van der Waals surface area contributed by atoms with Crippen molar-refractivity contribution in [2.24, 2.45) is 0 Å². The van der Waals surface area contributed by atoms with Crippen molar-refractivity contribution in [2.75, 3.05) is 26.2 Å². The number of ether oxygens (including phenoxy) is 4. The summed E-state index contributed by atoms with van der Waals surface area (Å²) in [5.74, 6) is -39.3. The Hall–Kier alpha value is -4.92. The van der Waals surface area contributed by atoms with Gasteiger partial charge < -0.3 is 29.2 Å². The molecule has 0 aromatic heterocycles. The zero-order valence-corrected chi connectivity index (χ0v) is 33.8. The van der Waals surface area contributed by atoms with Gasteiger partial charge in [-0.15, -0.1) is 13.2 Å².